The number of aliphatic carboxylic acids is 1. The number of carboxylic acid groups (broad SMARTS) is 1. The molecule has 5 heteroatoms. The van der Waals surface area contributed by atoms with Crippen LogP contribution in [0.2, 0.25) is 0 Å². The van der Waals surface area contributed by atoms with Crippen molar-refractivity contribution in [1.29, 1.82) is 0 Å². The Morgan fingerprint density at radius 1 is 1.56 bits per heavy atom. The van der Waals surface area contributed by atoms with Gasteiger partial charge in [0.05, 0.1) is 0 Å². The van der Waals surface area contributed by atoms with Crippen molar-refractivity contribution in [2.75, 3.05) is 0 Å². The van der Waals surface area contributed by atoms with Gasteiger partial charge in [-0.1, -0.05) is 0 Å². The first-order valence-corrected chi connectivity index (χ1v) is 4.85. The molecule has 0 atom stereocenters. The Balaban J connectivity index is 3.07. The highest BCUT2D eigenvalue weighted by atomic mass is 16.4. The molecule has 0 saturated carbocycles. The van der Waals surface area contributed by atoms with Gasteiger partial charge < -0.3 is 5.11 Å². The van der Waals surface area contributed by atoms with Crippen LogP contribution in [0.25, 0.3) is 0 Å². The number of rotatable bonds is 3. The highest BCUT2D eigenvalue weighted by Crippen LogP contribution is 2.01. The monoisotopic (exact) mass is 222 g/mol. The lowest BCUT2D eigenvalue weighted by Gasteiger charge is -2.09. The van der Waals surface area contributed by atoms with Crippen molar-refractivity contribution >= 4 is 5.97 Å². The zero-order valence-electron chi connectivity index (χ0n) is 9.52. The largest absolute Gasteiger partial charge is 0.478 e. The molecule has 0 saturated heterocycles. The average Bonchev–Trinajstić information content (AvgIpc) is 2.09. The van der Waals surface area contributed by atoms with Crippen LogP contribution in [-0.4, -0.2) is 20.6 Å². The quantitative estimate of drug-likeness (QED) is 0.771. The third-order valence-electron chi connectivity index (χ3n) is 2.12. The SMILES string of the molecule is CC(=CC(=O)O)Cn1c(C)cc(C)nc1=O. The number of aryl methyl sites for hydroxylation is 2. The van der Waals surface area contributed by atoms with Crippen molar-refractivity contribution < 1.29 is 9.90 Å². The maximum Gasteiger partial charge on any atom is 0.348 e. The van der Waals surface area contributed by atoms with Crippen LogP contribution >= 0.6 is 0 Å². The molecule has 1 rings (SSSR count). The normalized spacial score (nSPS) is 11.6. The molecule has 0 aromatic carbocycles. The van der Waals surface area contributed by atoms with E-state index in [0.29, 0.717) is 11.3 Å². The first kappa shape index (κ1) is 12.2. The molecule has 0 aliphatic rings. The summed E-state index contributed by atoms with van der Waals surface area (Å²) in [4.78, 5) is 25.8. The molecule has 0 fully saturated rings. The van der Waals surface area contributed by atoms with Gasteiger partial charge in [0.1, 0.15) is 0 Å². The molecule has 1 heterocycles. The molecular formula is C11H14N2O3. The fourth-order valence-electron chi connectivity index (χ4n) is 1.47. The van der Waals surface area contributed by atoms with Crippen LogP contribution in [0.3, 0.4) is 0 Å². The van der Waals surface area contributed by atoms with E-state index in [-0.39, 0.29) is 12.2 Å². The van der Waals surface area contributed by atoms with Crippen molar-refractivity contribution in [2.24, 2.45) is 0 Å². The summed E-state index contributed by atoms with van der Waals surface area (Å²) in [5.41, 5.74) is 1.69. The van der Waals surface area contributed by atoms with E-state index in [1.54, 1.807) is 26.8 Å². The topological polar surface area (TPSA) is 72.2 Å². The van der Waals surface area contributed by atoms with Crippen LogP contribution in [-0.2, 0) is 11.3 Å². The number of allylic oxidation sites excluding steroid dienone is 1. The molecule has 0 spiro atoms. The predicted octanol–water partition coefficient (Wildman–Crippen LogP) is 0.891. The number of nitrogens with zero attached hydrogens (tertiary/aromatic N) is 2. The summed E-state index contributed by atoms with van der Waals surface area (Å²) in [6.07, 6.45) is 1.09. The second-order valence-electron chi connectivity index (χ2n) is 3.74. The minimum absolute atomic E-state index is 0.254. The Bertz CT molecular complexity index is 500. The summed E-state index contributed by atoms with van der Waals surface area (Å²) < 4.78 is 1.45. The summed E-state index contributed by atoms with van der Waals surface area (Å²) in [6, 6.07) is 1.79. The van der Waals surface area contributed by atoms with E-state index in [0.717, 1.165) is 11.8 Å². The zero-order valence-corrected chi connectivity index (χ0v) is 9.52. The number of hydrogen-bond acceptors (Lipinski definition) is 3. The fourth-order valence-corrected chi connectivity index (χ4v) is 1.47. The summed E-state index contributed by atoms with van der Waals surface area (Å²) in [6.45, 7) is 5.47. The summed E-state index contributed by atoms with van der Waals surface area (Å²) in [7, 11) is 0. The number of aromatic nitrogens is 2. The van der Waals surface area contributed by atoms with Gasteiger partial charge in [-0.25, -0.2) is 9.59 Å². The van der Waals surface area contributed by atoms with Crippen molar-refractivity contribution in [3.8, 4) is 0 Å². The molecule has 1 aromatic rings. The molecule has 0 aliphatic carbocycles. The summed E-state index contributed by atoms with van der Waals surface area (Å²) in [5, 5.41) is 8.57. The predicted molar refractivity (Wildman–Crippen MR) is 59.4 cm³/mol. The smallest absolute Gasteiger partial charge is 0.348 e. The molecule has 16 heavy (non-hydrogen) atoms. The molecule has 0 aliphatic heterocycles. The van der Waals surface area contributed by atoms with Gasteiger partial charge in [-0.05, 0) is 32.4 Å². The van der Waals surface area contributed by atoms with Gasteiger partial charge in [0.2, 0.25) is 0 Å². The second kappa shape index (κ2) is 4.74. The first-order chi connectivity index (χ1) is 7.40. The Hall–Kier alpha value is -1.91. The highest BCUT2D eigenvalue weighted by molar-refractivity contribution is 5.80. The molecule has 0 radical (unpaired) electrons. The fraction of sp³-hybridized carbons (Fsp3) is 0.364. The van der Waals surface area contributed by atoms with Gasteiger partial charge in [-0.3, -0.25) is 4.57 Å². The lowest BCUT2D eigenvalue weighted by atomic mass is 10.2. The molecule has 1 aromatic heterocycles. The van der Waals surface area contributed by atoms with Crippen molar-refractivity contribution in [1.82, 2.24) is 9.55 Å². The van der Waals surface area contributed by atoms with E-state index in [1.807, 2.05) is 0 Å². The third-order valence-corrected chi connectivity index (χ3v) is 2.12. The minimum atomic E-state index is -1.01. The number of carbonyl (C=O) groups is 1. The molecule has 86 valence electrons. The third kappa shape index (κ3) is 3.05. The van der Waals surface area contributed by atoms with Gasteiger partial charge in [0.25, 0.3) is 0 Å². The van der Waals surface area contributed by atoms with Gasteiger partial charge in [0.15, 0.2) is 0 Å². The van der Waals surface area contributed by atoms with E-state index in [9.17, 15) is 9.59 Å². The molecule has 0 bridgehead atoms. The Kier molecular flexibility index (Phi) is 3.60. The Morgan fingerprint density at radius 3 is 2.69 bits per heavy atom. The van der Waals surface area contributed by atoms with E-state index in [1.165, 1.54) is 4.57 Å². The number of carboxylic acids is 1. The van der Waals surface area contributed by atoms with E-state index >= 15 is 0 Å². The van der Waals surface area contributed by atoms with Crippen molar-refractivity contribution in [2.45, 2.75) is 27.3 Å². The van der Waals surface area contributed by atoms with Crippen LogP contribution in [0, 0.1) is 13.8 Å². The summed E-state index contributed by atoms with van der Waals surface area (Å²) >= 11 is 0. The van der Waals surface area contributed by atoms with Crippen molar-refractivity contribution in [3.63, 3.8) is 0 Å². The van der Waals surface area contributed by atoms with Gasteiger partial charge >= 0.3 is 11.7 Å². The maximum atomic E-state index is 11.6. The second-order valence-corrected chi connectivity index (χ2v) is 3.74. The Labute approximate surface area is 93.1 Å². The average molecular weight is 222 g/mol. The lowest BCUT2D eigenvalue weighted by Crippen LogP contribution is -2.26. The highest BCUT2D eigenvalue weighted by Gasteiger charge is 2.04. The van der Waals surface area contributed by atoms with Crippen LogP contribution in [0.5, 0.6) is 0 Å². The molecule has 0 unspecified atom stereocenters. The van der Waals surface area contributed by atoms with Crippen LogP contribution in [0.4, 0.5) is 0 Å². The van der Waals surface area contributed by atoms with E-state index in [2.05, 4.69) is 4.98 Å². The van der Waals surface area contributed by atoms with Crippen LogP contribution < -0.4 is 5.69 Å². The maximum absolute atomic E-state index is 11.6. The lowest BCUT2D eigenvalue weighted by molar-refractivity contribution is -0.131. The van der Waals surface area contributed by atoms with Gasteiger partial charge in [-0.15, -0.1) is 0 Å². The minimum Gasteiger partial charge on any atom is -0.478 e. The summed E-state index contributed by atoms with van der Waals surface area (Å²) in [5.74, 6) is -1.01. The number of hydrogen-bond donors (Lipinski definition) is 1. The standard InChI is InChI=1S/C11H14N2O3/c1-7(4-10(14)15)6-13-9(3)5-8(2)12-11(13)16/h4-5H,6H2,1-3H3,(H,14,15). The molecular weight excluding hydrogens is 208 g/mol. The van der Waals surface area contributed by atoms with E-state index in [4.69, 9.17) is 5.11 Å². The van der Waals surface area contributed by atoms with Gasteiger partial charge in [0, 0.05) is 24.0 Å². The van der Waals surface area contributed by atoms with E-state index < -0.39 is 5.97 Å². The zero-order chi connectivity index (χ0) is 12.3. The molecule has 0 amide bonds. The first-order valence-electron chi connectivity index (χ1n) is 4.85. The van der Waals surface area contributed by atoms with Crippen LogP contribution in [0.1, 0.15) is 18.3 Å². The van der Waals surface area contributed by atoms with Crippen LogP contribution in [0.15, 0.2) is 22.5 Å². The Morgan fingerprint density at radius 2 is 2.19 bits per heavy atom. The van der Waals surface area contributed by atoms with Gasteiger partial charge in [-0.2, -0.15) is 4.98 Å². The molecule has 1 N–H and O–H groups in total. The van der Waals surface area contributed by atoms with Crippen molar-refractivity contribution in [3.05, 3.63) is 39.6 Å². The molecule has 5 nitrogen and oxygen atoms in total.